The summed E-state index contributed by atoms with van der Waals surface area (Å²) >= 11 is 0. The normalized spacial score (nSPS) is 21.4. The average Bonchev–Trinajstić information content (AvgIpc) is 2.32. The summed E-state index contributed by atoms with van der Waals surface area (Å²) in [5.41, 5.74) is 6.51. The Morgan fingerprint density at radius 3 is 2.61 bits per heavy atom. The van der Waals surface area contributed by atoms with Crippen LogP contribution in [0.4, 0.5) is 4.79 Å². The first-order valence-electron chi connectivity index (χ1n) is 5.95. The molecule has 0 radical (unpaired) electrons. The lowest BCUT2D eigenvalue weighted by Crippen LogP contribution is -2.46. The van der Waals surface area contributed by atoms with Gasteiger partial charge in [-0.2, -0.15) is 0 Å². The Kier molecular flexibility index (Phi) is 5.95. The highest BCUT2D eigenvalue weighted by Gasteiger charge is 2.29. The lowest BCUT2D eigenvalue weighted by atomic mass is 9.80. The summed E-state index contributed by atoms with van der Waals surface area (Å²) in [5, 5.41) is 2.83. The number of hydrogen-bond donors (Lipinski definition) is 2. The monoisotopic (exact) mass is 270 g/mol. The molecule has 0 unspecified atom stereocenters. The van der Waals surface area contributed by atoms with Gasteiger partial charge in [-0.3, -0.25) is 0 Å². The van der Waals surface area contributed by atoms with E-state index in [9.17, 15) is 4.79 Å². The van der Waals surface area contributed by atoms with Crippen molar-refractivity contribution in [3.8, 4) is 0 Å². The Morgan fingerprint density at radius 1 is 1.33 bits per heavy atom. The first-order valence-corrected chi connectivity index (χ1v) is 5.95. The van der Waals surface area contributed by atoms with E-state index in [-0.39, 0.29) is 24.5 Å². The summed E-state index contributed by atoms with van der Waals surface area (Å²) < 4.78 is 5.12. The second kappa shape index (κ2) is 7.24. The van der Waals surface area contributed by atoms with Crippen LogP contribution >= 0.6 is 12.4 Å². The summed E-state index contributed by atoms with van der Waals surface area (Å²) in [4.78, 5) is 11.4. The standard InChI is InChI=1S/C13H18N2O2.ClH/c14-8-11-6-12(7-11)15-13(16)17-9-10-4-2-1-3-5-10;/h1-5,11-12H,6-9,14H2,(H,15,16);1H. The van der Waals surface area contributed by atoms with E-state index < -0.39 is 0 Å². The number of ether oxygens (including phenoxy) is 1. The SMILES string of the molecule is Cl.NCC1CC(NC(=O)OCc2ccccc2)C1. The highest BCUT2D eigenvalue weighted by molar-refractivity contribution is 5.85. The van der Waals surface area contributed by atoms with Crippen LogP contribution in [0.15, 0.2) is 30.3 Å². The third kappa shape index (κ3) is 4.20. The van der Waals surface area contributed by atoms with Crippen LogP contribution in [0.25, 0.3) is 0 Å². The quantitative estimate of drug-likeness (QED) is 0.880. The van der Waals surface area contributed by atoms with Crippen molar-refractivity contribution < 1.29 is 9.53 Å². The molecule has 0 aliphatic heterocycles. The van der Waals surface area contributed by atoms with E-state index in [1.165, 1.54) is 0 Å². The molecule has 0 spiro atoms. The van der Waals surface area contributed by atoms with Gasteiger partial charge in [-0.1, -0.05) is 30.3 Å². The van der Waals surface area contributed by atoms with Crippen molar-refractivity contribution in [3.63, 3.8) is 0 Å². The molecular weight excluding hydrogens is 252 g/mol. The van der Waals surface area contributed by atoms with Gasteiger partial charge in [0.15, 0.2) is 0 Å². The van der Waals surface area contributed by atoms with Gasteiger partial charge in [-0.15, -0.1) is 12.4 Å². The molecule has 3 N–H and O–H groups in total. The number of rotatable bonds is 4. The molecule has 1 aliphatic rings. The highest BCUT2D eigenvalue weighted by atomic mass is 35.5. The van der Waals surface area contributed by atoms with Gasteiger partial charge in [0.1, 0.15) is 6.61 Å². The molecule has 5 heteroatoms. The number of halogens is 1. The lowest BCUT2D eigenvalue weighted by Gasteiger charge is -2.34. The van der Waals surface area contributed by atoms with Gasteiger partial charge in [0, 0.05) is 6.04 Å². The summed E-state index contributed by atoms with van der Waals surface area (Å²) in [5.74, 6) is 0.564. The van der Waals surface area contributed by atoms with Crippen LogP contribution in [0.5, 0.6) is 0 Å². The zero-order valence-electron chi connectivity index (χ0n) is 10.2. The first kappa shape index (κ1) is 14.8. The van der Waals surface area contributed by atoms with Gasteiger partial charge >= 0.3 is 6.09 Å². The number of nitrogens with two attached hydrogens (primary N) is 1. The second-order valence-electron chi connectivity index (χ2n) is 4.48. The van der Waals surface area contributed by atoms with Crippen LogP contribution in [-0.4, -0.2) is 18.7 Å². The average molecular weight is 271 g/mol. The summed E-state index contributed by atoms with van der Waals surface area (Å²) in [6.07, 6.45) is 1.60. The number of carbonyl (C=O) groups excluding carboxylic acids is 1. The summed E-state index contributed by atoms with van der Waals surface area (Å²) in [7, 11) is 0. The Hall–Kier alpha value is -1.26. The third-order valence-corrected chi connectivity index (χ3v) is 3.10. The molecule has 0 atom stereocenters. The van der Waals surface area contributed by atoms with E-state index in [0.29, 0.717) is 19.1 Å². The number of carbonyl (C=O) groups is 1. The maximum absolute atomic E-state index is 11.4. The Balaban J connectivity index is 0.00000162. The minimum absolute atomic E-state index is 0. The highest BCUT2D eigenvalue weighted by Crippen LogP contribution is 2.25. The van der Waals surface area contributed by atoms with Crippen LogP contribution in [0.2, 0.25) is 0 Å². The van der Waals surface area contributed by atoms with Crippen molar-refractivity contribution in [3.05, 3.63) is 35.9 Å². The van der Waals surface area contributed by atoms with Crippen molar-refractivity contribution >= 4 is 18.5 Å². The lowest BCUT2D eigenvalue weighted by molar-refractivity contribution is 0.122. The molecule has 100 valence electrons. The smallest absolute Gasteiger partial charge is 0.407 e. The fraction of sp³-hybridized carbons (Fsp3) is 0.462. The van der Waals surface area contributed by atoms with Gasteiger partial charge in [0.2, 0.25) is 0 Å². The maximum Gasteiger partial charge on any atom is 0.407 e. The summed E-state index contributed by atoms with van der Waals surface area (Å²) in [6.45, 7) is 1.02. The van der Waals surface area contributed by atoms with Gasteiger partial charge in [-0.25, -0.2) is 4.79 Å². The predicted molar refractivity (Wildman–Crippen MR) is 72.6 cm³/mol. The van der Waals surface area contributed by atoms with Crippen LogP contribution in [0.1, 0.15) is 18.4 Å². The van der Waals surface area contributed by atoms with E-state index >= 15 is 0 Å². The fourth-order valence-corrected chi connectivity index (χ4v) is 1.98. The Bertz CT molecular complexity index is 367. The summed E-state index contributed by atoms with van der Waals surface area (Å²) in [6, 6.07) is 9.89. The number of amides is 1. The molecule has 18 heavy (non-hydrogen) atoms. The molecule has 4 nitrogen and oxygen atoms in total. The number of alkyl carbamates (subject to hydrolysis) is 1. The number of hydrogen-bond acceptors (Lipinski definition) is 3. The van der Waals surface area contributed by atoms with Gasteiger partial charge < -0.3 is 15.8 Å². The van der Waals surface area contributed by atoms with Crippen LogP contribution in [0.3, 0.4) is 0 Å². The van der Waals surface area contributed by atoms with E-state index in [2.05, 4.69) is 5.32 Å². The van der Waals surface area contributed by atoms with E-state index in [1.807, 2.05) is 30.3 Å². The molecule has 2 rings (SSSR count). The number of nitrogens with one attached hydrogen (secondary N) is 1. The molecule has 0 saturated heterocycles. The molecule has 1 saturated carbocycles. The topological polar surface area (TPSA) is 64.3 Å². The zero-order valence-corrected chi connectivity index (χ0v) is 11.0. The maximum atomic E-state index is 11.4. The van der Waals surface area contributed by atoms with Crippen LogP contribution < -0.4 is 11.1 Å². The fourth-order valence-electron chi connectivity index (χ4n) is 1.98. The molecule has 0 heterocycles. The van der Waals surface area contributed by atoms with Crippen molar-refractivity contribution in [2.45, 2.75) is 25.5 Å². The molecule has 1 aromatic carbocycles. The minimum Gasteiger partial charge on any atom is -0.445 e. The number of benzene rings is 1. The van der Waals surface area contributed by atoms with Crippen molar-refractivity contribution in [1.82, 2.24) is 5.32 Å². The molecule has 1 aromatic rings. The molecule has 0 aromatic heterocycles. The molecule has 1 amide bonds. The van der Waals surface area contributed by atoms with E-state index in [0.717, 1.165) is 18.4 Å². The molecule has 1 fully saturated rings. The van der Waals surface area contributed by atoms with E-state index in [4.69, 9.17) is 10.5 Å². The molecule has 0 bridgehead atoms. The zero-order chi connectivity index (χ0) is 12.1. The van der Waals surface area contributed by atoms with Crippen molar-refractivity contribution in [2.75, 3.05) is 6.54 Å². The Labute approximate surface area is 113 Å². The van der Waals surface area contributed by atoms with E-state index in [1.54, 1.807) is 0 Å². The molecule has 1 aliphatic carbocycles. The van der Waals surface area contributed by atoms with Gasteiger partial charge in [0.05, 0.1) is 0 Å². The predicted octanol–water partition coefficient (Wildman–Crippen LogP) is 2.07. The van der Waals surface area contributed by atoms with Crippen LogP contribution in [-0.2, 0) is 11.3 Å². The second-order valence-corrected chi connectivity index (χ2v) is 4.48. The minimum atomic E-state index is -0.339. The third-order valence-electron chi connectivity index (χ3n) is 3.10. The first-order chi connectivity index (χ1) is 8.28. The van der Waals surface area contributed by atoms with Gasteiger partial charge in [-0.05, 0) is 30.9 Å². The molecular formula is C13H19ClN2O2. The van der Waals surface area contributed by atoms with Crippen molar-refractivity contribution in [2.24, 2.45) is 11.7 Å². The van der Waals surface area contributed by atoms with Crippen molar-refractivity contribution in [1.29, 1.82) is 0 Å². The Morgan fingerprint density at radius 2 is 2.00 bits per heavy atom. The largest absolute Gasteiger partial charge is 0.445 e. The van der Waals surface area contributed by atoms with Gasteiger partial charge in [0.25, 0.3) is 0 Å². The van der Waals surface area contributed by atoms with Crippen LogP contribution in [0, 0.1) is 5.92 Å².